The highest BCUT2D eigenvalue weighted by Crippen LogP contribution is 2.29. The van der Waals surface area contributed by atoms with Gasteiger partial charge in [-0.1, -0.05) is 18.2 Å². The van der Waals surface area contributed by atoms with Gasteiger partial charge < -0.3 is 15.1 Å². The van der Waals surface area contributed by atoms with Crippen LogP contribution < -0.4 is 0 Å². The van der Waals surface area contributed by atoms with Crippen molar-refractivity contribution in [2.24, 2.45) is 0 Å². The predicted octanol–water partition coefficient (Wildman–Crippen LogP) is -0.121. The highest BCUT2D eigenvalue weighted by molar-refractivity contribution is 7.89. The summed E-state index contributed by atoms with van der Waals surface area (Å²) < 4.78 is 26.4. The molecule has 0 aliphatic carbocycles. The number of aliphatic hydroxyl groups excluding tert-OH is 1. The first-order valence-electron chi connectivity index (χ1n) is 7.60. The molecule has 3 rings (SSSR count). The first-order chi connectivity index (χ1) is 10.4. The van der Waals surface area contributed by atoms with Gasteiger partial charge in [0.15, 0.2) is 0 Å². The van der Waals surface area contributed by atoms with Gasteiger partial charge in [-0.15, -0.1) is 0 Å². The second kappa shape index (κ2) is 5.90. The minimum absolute atomic E-state index is 0.0676. The van der Waals surface area contributed by atoms with Gasteiger partial charge in [0.1, 0.15) is 5.60 Å². The van der Waals surface area contributed by atoms with Crippen molar-refractivity contribution in [1.29, 1.82) is 0 Å². The van der Waals surface area contributed by atoms with Crippen LogP contribution >= 0.6 is 0 Å². The van der Waals surface area contributed by atoms with Gasteiger partial charge in [-0.3, -0.25) is 0 Å². The molecule has 0 saturated carbocycles. The highest BCUT2D eigenvalue weighted by atomic mass is 32.2. The first kappa shape index (κ1) is 15.9. The summed E-state index contributed by atoms with van der Waals surface area (Å²) in [6.07, 6.45) is 1.10. The van der Waals surface area contributed by atoms with Gasteiger partial charge >= 0.3 is 0 Å². The Morgan fingerprint density at radius 1 is 1.18 bits per heavy atom. The predicted molar refractivity (Wildman–Crippen MR) is 81.8 cm³/mol. The fraction of sp³-hybridized carbons (Fsp3) is 0.600. The summed E-state index contributed by atoms with van der Waals surface area (Å²) in [5.41, 5.74) is -1.40. The molecule has 0 aromatic heterocycles. The molecule has 2 N–H and O–H groups in total. The van der Waals surface area contributed by atoms with Gasteiger partial charge in [0.25, 0.3) is 0 Å². The van der Waals surface area contributed by atoms with Crippen LogP contribution in [0, 0.1) is 0 Å². The Hall–Kier alpha value is -0.990. The summed E-state index contributed by atoms with van der Waals surface area (Å²) in [6, 6.07) is 8.13. The SMILES string of the molecule is O=S(=O)(c1ccccc1)N1C[C@@H](O)[C@](O)(CN2CCCC2)C1. The second-order valence-corrected chi connectivity index (χ2v) is 8.15. The van der Waals surface area contributed by atoms with Gasteiger partial charge in [-0.25, -0.2) is 8.42 Å². The topological polar surface area (TPSA) is 81.1 Å². The largest absolute Gasteiger partial charge is 0.389 e. The number of β-amino-alcohol motifs (C(OH)–C–C–N with tert-alkyl or cyclic N) is 2. The van der Waals surface area contributed by atoms with Crippen molar-refractivity contribution in [2.45, 2.75) is 29.4 Å². The summed E-state index contributed by atoms with van der Waals surface area (Å²) >= 11 is 0. The Kier molecular flexibility index (Phi) is 4.26. The molecule has 0 bridgehead atoms. The van der Waals surface area contributed by atoms with E-state index in [0.29, 0.717) is 6.54 Å². The van der Waals surface area contributed by atoms with E-state index in [2.05, 4.69) is 4.90 Å². The van der Waals surface area contributed by atoms with Crippen LogP contribution in [-0.4, -0.2) is 72.3 Å². The third-order valence-corrected chi connectivity index (χ3v) is 6.35. The van der Waals surface area contributed by atoms with E-state index in [0.717, 1.165) is 25.9 Å². The van der Waals surface area contributed by atoms with Gasteiger partial charge in [0, 0.05) is 19.6 Å². The average Bonchev–Trinajstić information content (AvgIpc) is 3.09. The maximum Gasteiger partial charge on any atom is 0.243 e. The number of benzene rings is 1. The number of aliphatic hydroxyl groups is 2. The molecule has 1 aromatic rings. The molecule has 22 heavy (non-hydrogen) atoms. The lowest BCUT2D eigenvalue weighted by Gasteiger charge is -2.30. The Labute approximate surface area is 131 Å². The summed E-state index contributed by atoms with van der Waals surface area (Å²) in [4.78, 5) is 2.27. The van der Waals surface area contributed by atoms with Gasteiger partial charge in [0.2, 0.25) is 10.0 Å². The number of hydrogen-bond acceptors (Lipinski definition) is 5. The number of rotatable bonds is 4. The van der Waals surface area contributed by atoms with Gasteiger partial charge in [0.05, 0.1) is 11.0 Å². The normalized spacial score (nSPS) is 30.9. The van der Waals surface area contributed by atoms with Crippen LogP contribution in [0.5, 0.6) is 0 Å². The molecule has 6 nitrogen and oxygen atoms in total. The summed E-state index contributed by atoms with van der Waals surface area (Å²) in [5, 5.41) is 20.9. The lowest BCUT2D eigenvalue weighted by molar-refractivity contribution is -0.0576. The minimum atomic E-state index is -3.68. The molecule has 0 amide bonds. The zero-order chi connectivity index (χ0) is 15.8. The van der Waals surface area contributed by atoms with Crippen LogP contribution in [0.15, 0.2) is 35.2 Å². The van der Waals surface area contributed by atoms with E-state index in [1.807, 2.05) is 0 Å². The molecule has 2 aliphatic rings. The second-order valence-electron chi connectivity index (χ2n) is 6.21. The van der Waals surface area contributed by atoms with E-state index in [1.54, 1.807) is 18.2 Å². The zero-order valence-electron chi connectivity index (χ0n) is 12.4. The van der Waals surface area contributed by atoms with Crippen LogP contribution in [0.4, 0.5) is 0 Å². The molecule has 122 valence electrons. The van der Waals surface area contributed by atoms with E-state index < -0.39 is 21.7 Å². The maximum atomic E-state index is 12.6. The summed E-state index contributed by atoms with van der Waals surface area (Å²) in [5.74, 6) is 0. The molecular weight excluding hydrogens is 304 g/mol. The van der Waals surface area contributed by atoms with Gasteiger partial charge in [-0.2, -0.15) is 4.31 Å². The van der Waals surface area contributed by atoms with E-state index in [1.165, 1.54) is 16.4 Å². The quantitative estimate of drug-likeness (QED) is 0.806. The van der Waals surface area contributed by atoms with Crippen LogP contribution in [-0.2, 0) is 10.0 Å². The van der Waals surface area contributed by atoms with Crippen molar-refractivity contribution in [2.75, 3.05) is 32.7 Å². The van der Waals surface area contributed by atoms with Gasteiger partial charge in [-0.05, 0) is 38.1 Å². The van der Waals surface area contributed by atoms with Crippen LogP contribution in [0.25, 0.3) is 0 Å². The van der Waals surface area contributed by atoms with Crippen molar-refractivity contribution in [3.63, 3.8) is 0 Å². The molecule has 2 aliphatic heterocycles. The number of hydrogen-bond donors (Lipinski definition) is 2. The Morgan fingerprint density at radius 3 is 2.45 bits per heavy atom. The fourth-order valence-corrected chi connectivity index (χ4v) is 4.78. The smallest absolute Gasteiger partial charge is 0.243 e. The van der Waals surface area contributed by atoms with Crippen molar-refractivity contribution < 1.29 is 18.6 Å². The van der Waals surface area contributed by atoms with Crippen LogP contribution in [0.1, 0.15) is 12.8 Å². The maximum absolute atomic E-state index is 12.6. The molecular formula is C15H22N2O4S. The first-order valence-corrected chi connectivity index (χ1v) is 9.04. The number of nitrogens with zero attached hydrogens (tertiary/aromatic N) is 2. The van der Waals surface area contributed by atoms with E-state index in [4.69, 9.17) is 0 Å². The monoisotopic (exact) mass is 326 g/mol. The number of likely N-dealkylation sites (tertiary alicyclic amines) is 1. The molecule has 0 spiro atoms. The lowest BCUT2D eigenvalue weighted by Crippen LogP contribution is -2.50. The van der Waals surface area contributed by atoms with Crippen molar-refractivity contribution in [3.8, 4) is 0 Å². The standard InChI is InChI=1S/C15H22N2O4S/c18-14-10-17(22(20,21)13-6-2-1-3-7-13)12-15(14,19)11-16-8-4-5-9-16/h1-3,6-7,14,18-19H,4-5,8-12H2/t14-,15+/m1/s1. The van der Waals surface area contributed by atoms with E-state index >= 15 is 0 Å². The minimum Gasteiger partial charge on any atom is -0.389 e. The molecule has 0 radical (unpaired) electrons. The van der Waals surface area contributed by atoms with Crippen molar-refractivity contribution in [1.82, 2.24) is 9.21 Å². The number of sulfonamides is 1. The summed E-state index contributed by atoms with van der Waals surface area (Å²) in [6.45, 7) is 1.96. The lowest BCUT2D eigenvalue weighted by atomic mass is 10.00. The van der Waals surface area contributed by atoms with Crippen molar-refractivity contribution in [3.05, 3.63) is 30.3 Å². The Balaban J connectivity index is 1.77. The third-order valence-electron chi connectivity index (χ3n) is 4.52. The third kappa shape index (κ3) is 2.91. The van der Waals surface area contributed by atoms with Crippen LogP contribution in [0.2, 0.25) is 0 Å². The molecule has 0 unspecified atom stereocenters. The Morgan fingerprint density at radius 2 is 1.82 bits per heavy atom. The average molecular weight is 326 g/mol. The molecule has 7 heteroatoms. The van der Waals surface area contributed by atoms with Crippen molar-refractivity contribution >= 4 is 10.0 Å². The summed E-state index contributed by atoms with van der Waals surface area (Å²) in [7, 11) is -3.68. The molecule has 2 heterocycles. The molecule has 2 atom stereocenters. The van der Waals surface area contributed by atoms with Crippen LogP contribution in [0.3, 0.4) is 0 Å². The molecule has 1 aromatic carbocycles. The fourth-order valence-electron chi connectivity index (χ4n) is 3.25. The molecule has 2 saturated heterocycles. The Bertz CT molecular complexity index is 616. The highest BCUT2D eigenvalue weighted by Gasteiger charge is 2.49. The zero-order valence-corrected chi connectivity index (χ0v) is 13.2. The molecule has 2 fully saturated rings. The van der Waals surface area contributed by atoms with E-state index in [-0.39, 0.29) is 18.0 Å². The van der Waals surface area contributed by atoms with E-state index in [9.17, 15) is 18.6 Å².